The Morgan fingerprint density at radius 2 is 1.92 bits per heavy atom. The standard InChI is InChI=1S/C20H25NO3/c1-15-10-11-18(14-19(15)23-3)20(22)21-12-7-13-24-16(2)17-8-5-4-6-9-17/h4-6,8-11,14,16H,7,12-13H2,1-3H3,(H,21,22)/t16-/m1/s1. The smallest absolute Gasteiger partial charge is 0.251 e. The predicted octanol–water partition coefficient (Wildman–Crippen LogP) is 3.90. The maximum absolute atomic E-state index is 12.1. The zero-order valence-corrected chi connectivity index (χ0v) is 14.5. The molecule has 0 heterocycles. The molecule has 2 aromatic carbocycles. The third-order valence-electron chi connectivity index (χ3n) is 3.91. The Labute approximate surface area is 143 Å². The molecule has 0 saturated carbocycles. The Balaban J connectivity index is 1.71. The normalized spacial score (nSPS) is 11.8. The highest BCUT2D eigenvalue weighted by Gasteiger charge is 2.08. The molecule has 0 fully saturated rings. The van der Waals surface area contributed by atoms with Crippen molar-refractivity contribution in [2.45, 2.75) is 26.4 Å². The van der Waals surface area contributed by atoms with Crippen LogP contribution in [0.15, 0.2) is 48.5 Å². The number of aryl methyl sites for hydroxylation is 1. The van der Waals surface area contributed by atoms with Crippen molar-refractivity contribution in [2.75, 3.05) is 20.3 Å². The van der Waals surface area contributed by atoms with Crippen molar-refractivity contribution < 1.29 is 14.3 Å². The fourth-order valence-electron chi connectivity index (χ4n) is 2.42. The number of amides is 1. The molecule has 0 saturated heterocycles. The van der Waals surface area contributed by atoms with Gasteiger partial charge in [0.05, 0.1) is 13.2 Å². The van der Waals surface area contributed by atoms with Crippen molar-refractivity contribution in [3.8, 4) is 5.75 Å². The maximum Gasteiger partial charge on any atom is 0.251 e. The summed E-state index contributed by atoms with van der Waals surface area (Å²) in [5.41, 5.74) is 2.78. The van der Waals surface area contributed by atoms with Gasteiger partial charge in [-0.1, -0.05) is 36.4 Å². The first-order valence-corrected chi connectivity index (χ1v) is 8.21. The lowest BCUT2D eigenvalue weighted by Crippen LogP contribution is -2.25. The summed E-state index contributed by atoms with van der Waals surface area (Å²) < 4.78 is 11.0. The molecular formula is C20H25NO3. The molecule has 1 N–H and O–H groups in total. The first kappa shape index (κ1) is 18.0. The molecule has 1 amide bonds. The van der Waals surface area contributed by atoms with Crippen LogP contribution < -0.4 is 10.1 Å². The van der Waals surface area contributed by atoms with Crippen LogP contribution in [0.25, 0.3) is 0 Å². The van der Waals surface area contributed by atoms with E-state index in [4.69, 9.17) is 9.47 Å². The van der Waals surface area contributed by atoms with Gasteiger partial charge in [-0.05, 0) is 43.5 Å². The summed E-state index contributed by atoms with van der Waals surface area (Å²) in [5.74, 6) is 0.632. The third-order valence-corrected chi connectivity index (χ3v) is 3.91. The van der Waals surface area contributed by atoms with E-state index >= 15 is 0 Å². The summed E-state index contributed by atoms with van der Waals surface area (Å²) >= 11 is 0. The molecule has 2 rings (SSSR count). The number of ether oxygens (including phenoxy) is 2. The molecule has 128 valence electrons. The van der Waals surface area contributed by atoms with Crippen LogP contribution in [0.5, 0.6) is 5.75 Å². The molecular weight excluding hydrogens is 302 g/mol. The van der Waals surface area contributed by atoms with Crippen LogP contribution in [0.1, 0.15) is 40.9 Å². The number of carbonyl (C=O) groups is 1. The van der Waals surface area contributed by atoms with Gasteiger partial charge in [0.25, 0.3) is 5.91 Å². The SMILES string of the molecule is COc1cc(C(=O)NCCCO[C@H](C)c2ccccc2)ccc1C. The second-order valence-electron chi connectivity index (χ2n) is 5.72. The van der Waals surface area contributed by atoms with Gasteiger partial charge in [0, 0.05) is 18.7 Å². The van der Waals surface area contributed by atoms with E-state index in [9.17, 15) is 4.79 Å². The summed E-state index contributed by atoms with van der Waals surface area (Å²) in [4.78, 5) is 12.1. The summed E-state index contributed by atoms with van der Waals surface area (Å²) in [5, 5.41) is 2.91. The highest BCUT2D eigenvalue weighted by atomic mass is 16.5. The van der Waals surface area contributed by atoms with Gasteiger partial charge in [-0.2, -0.15) is 0 Å². The highest BCUT2D eigenvalue weighted by molar-refractivity contribution is 5.94. The zero-order valence-electron chi connectivity index (χ0n) is 14.5. The van der Waals surface area contributed by atoms with E-state index in [1.807, 2.05) is 38.1 Å². The molecule has 0 unspecified atom stereocenters. The largest absolute Gasteiger partial charge is 0.496 e. The molecule has 0 aromatic heterocycles. The van der Waals surface area contributed by atoms with Crippen LogP contribution in [0.2, 0.25) is 0 Å². The van der Waals surface area contributed by atoms with Gasteiger partial charge in [0.15, 0.2) is 0 Å². The number of methoxy groups -OCH3 is 1. The Morgan fingerprint density at radius 3 is 2.62 bits per heavy atom. The maximum atomic E-state index is 12.1. The lowest BCUT2D eigenvalue weighted by Gasteiger charge is -2.13. The van der Waals surface area contributed by atoms with Crippen LogP contribution in [0.3, 0.4) is 0 Å². The molecule has 1 atom stereocenters. The van der Waals surface area contributed by atoms with E-state index in [-0.39, 0.29) is 12.0 Å². The number of rotatable bonds is 8. The van der Waals surface area contributed by atoms with Crippen molar-refractivity contribution in [1.29, 1.82) is 0 Å². The Kier molecular flexibility index (Phi) is 6.82. The molecule has 0 aliphatic rings. The lowest BCUT2D eigenvalue weighted by molar-refractivity contribution is 0.0635. The molecule has 0 aliphatic carbocycles. The number of benzene rings is 2. The molecule has 2 aromatic rings. The van der Waals surface area contributed by atoms with Crippen LogP contribution in [0, 0.1) is 6.92 Å². The van der Waals surface area contributed by atoms with Gasteiger partial charge in [0.1, 0.15) is 5.75 Å². The second kappa shape index (κ2) is 9.08. The number of carbonyl (C=O) groups excluding carboxylic acids is 1. The molecule has 0 bridgehead atoms. The van der Waals surface area contributed by atoms with E-state index in [2.05, 4.69) is 17.4 Å². The third kappa shape index (κ3) is 5.10. The lowest BCUT2D eigenvalue weighted by atomic mass is 10.1. The highest BCUT2D eigenvalue weighted by Crippen LogP contribution is 2.19. The van der Waals surface area contributed by atoms with Crippen LogP contribution >= 0.6 is 0 Å². The van der Waals surface area contributed by atoms with Crippen molar-refractivity contribution in [1.82, 2.24) is 5.32 Å². The van der Waals surface area contributed by atoms with Crippen molar-refractivity contribution in [3.05, 3.63) is 65.2 Å². The van der Waals surface area contributed by atoms with E-state index < -0.39 is 0 Å². The Morgan fingerprint density at radius 1 is 1.17 bits per heavy atom. The molecule has 4 heteroatoms. The average Bonchev–Trinajstić information content (AvgIpc) is 2.62. The predicted molar refractivity (Wildman–Crippen MR) is 95.5 cm³/mol. The minimum absolute atomic E-state index is 0.0586. The summed E-state index contributed by atoms with van der Waals surface area (Å²) in [7, 11) is 1.61. The van der Waals surface area contributed by atoms with E-state index in [0.717, 1.165) is 23.3 Å². The fraction of sp³-hybridized carbons (Fsp3) is 0.350. The summed E-state index contributed by atoms with van der Waals surface area (Å²) in [6.45, 7) is 5.17. The minimum atomic E-state index is -0.0931. The number of hydrogen-bond donors (Lipinski definition) is 1. The average molecular weight is 327 g/mol. The Bertz CT molecular complexity index is 655. The van der Waals surface area contributed by atoms with E-state index in [0.29, 0.717) is 18.7 Å². The molecule has 4 nitrogen and oxygen atoms in total. The van der Waals surface area contributed by atoms with E-state index in [1.54, 1.807) is 19.2 Å². The van der Waals surface area contributed by atoms with Crippen LogP contribution in [-0.4, -0.2) is 26.2 Å². The first-order valence-electron chi connectivity index (χ1n) is 8.21. The van der Waals surface area contributed by atoms with Gasteiger partial charge >= 0.3 is 0 Å². The summed E-state index contributed by atoms with van der Waals surface area (Å²) in [6, 6.07) is 15.6. The molecule has 0 radical (unpaired) electrons. The van der Waals surface area contributed by atoms with Gasteiger partial charge in [-0.3, -0.25) is 4.79 Å². The Hall–Kier alpha value is -2.33. The first-order chi connectivity index (χ1) is 11.6. The number of nitrogens with one attached hydrogen (secondary N) is 1. The van der Waals surface area contributed by atoms with Crippen LogP contribution in [-0.2, 0) is 4.74 Å². The van der Waals surface area contributed by atoms with Gasteiger partial charge < -0.3 is 14.8 Å². The quantitative estimate of drug-likeness (QED) is 0.748. The molecule has 24 heavy (non-hydrogen) atoms. The summed E-state index contributed by atoms with van der Waals surface area (Å²) in [6.07, 6.45) is 0.828. The van der Waals surface area contributed by atoms with Gasteiger partial charge in [-0.15, -0.1) is 0 Å². The molecule has 0 aliphatic heterocycles. The van der Waals surface area contributed by atoms with E-state index in [1.165, 1.54) is 0 Å². The van der Waals surface area contributed by atoms with Crippen molar-refractivity contribution in [2.24, 2.45) is 0 Å². The minimum Gasteiger partial charge on any atom is -0.496 e. The fourth-order valence-corrected chi connectivity index (χ4v) is 2.42. The number of hydrogen-bond acceptors (Lipinski definition) is 3. The van der Waals surface area contributed by atoms with Crippen molar-refractivity contribution >= 4 is 5.91 Å². The molecule has 0 spiro atoms. The van der Waals surface area contributed by atoms with Gasteiger partial charge in [0.2, 0.25) is 0 Å². The monoisotopic (exact) mass is 327 g/mol. The zero-order chi connectivity index (χ0) is 17.4. The van der Waals surface area contributed by atoms with Gasteiger partial charge in [-0.25, -0.2) is 0 Å². The van der Waals surface area contributed by atoms with Crippen LogP contribution in [0.4, 0.5) is 0 Å². The second-order valence-corrected chi connectivity index (χ2v) is 5.72. The topological polar surface area (TPSA) is 47.6 Å². The van der Waals surface area contributed by atoms with Crippen molar-refractivity contribution in [3.63, 3.8) is 0 Å².